The van der Waals surface area contributed by atoms with Gasteiger partial charge in [-0.25, -0.2) is 13.1 Å². The van der Waals surface area contributed by atoms with E-state index < -0.39 is 10.0 Å². The summed E-state index contributed by atoms with van der Waals surface area (Å²) < 4.78 is 26.0. The maximum atomic E-state index is 11.8. The Hall–Kier alpha value is -1.44. The summed E-state index contributed by atoms with van der Waals surface area (Å²) in [5, 5.41) is 2.58. The molecule has 0 saturated heterocycles. The van der Waals surface area contributed by atoms with Crippen molar-refractivity contribution in [1.29, 1.82) is 0 Å². The number of hydrogen-bond acceptors (Lipinski definition) is 4. The van der Waals surface area contributed by atoms with Crippen LogP contribution in [-0.2, 0) is 21.4 Å². The first kappa shape index (κ1) is 17.6. The van der Waals surface area contributed by atoms with Crippen LogP contribution in [0.3, 0.4) is 0 Å². The third-order valence-corrected chi connectivity index (χ3v) is 4.18. The molecule has 0 radical (unpaired) electrons. The van der Waals surface area contributed by atoms with Crippen LogP contribution in [0.4, 0.5) is 0 Å². The molecule has 6 nitrogen and oxygen atoms in total. The Labute approximate surface area is 126 Å². The molecule has 1 aromatic rings. The summed E-state index contributed by atoms with van der Waals surface area (Å²) in [6, 6.07) is 9.23. The predicted molar refractivity (Wildman–Crippen MR) is 83.0 cm³/mol. The molecule has 118 valence electrons. The Kier molecular flexibility index (Phi) is 7.35. The van der Waals surface area contributed by atoms with E-state index in [9.17, 15) is 13.2 Å². The molecule has 0 fully saturated rings. The summed E-state index contributed by atoms with van der Waals surface area (Å²) in [5.41, 5.74) is 6.44. The molecule has 1 atom stereocenters. The molecule has 1 rings (SSSR count). The topological polar surface area (TPSA) is 101 Å². The van der Waals surface area contributed by atoms with Gasteiger partial charge in [-0.3, -0.25) is 4.79 Å². The van der Waals surface area contributed by atoms with Gasteiger partial charge in [-0.2, -0.15) is 0 Å². The second-order valence-corrected chi connectivity index (χ2v) is 6.92. The van der Waals surface area contributed by atoms with Crippen molar-refractivity contribution in [2.24, 2.45) is 5.73 Å². The lowest BCUT2D eigenvalue weighted by molar-refractivity contribution is -0.121. The summed E-state index contributed by atoms with van der Waals surface area (Å²) in [6.07, 6.45) is 0.903. The lowest BCUT2D eigenvalue weighted by Gasteiger charge is -2.09. The molecule has 7 heteroatoms. The summed E-state index contributed by atoms with van der Waals surface area (Å²) in [6.45, 7) is 2.18. The van der Waals surface area contributed by atoms with Gasteiger partial charge in [0.1, 0.15) is 0 Å². The number of nitrogens with two attached hydrogens (primary N) is 1. The highest BCUT2D eigenvalue weighted by Crippen LogP contribution is 1.98. The van der Waals surface area contributed by atoms with Crippen molar-refractivity contribution in [3.8, 4) is 0 Å². The van der Waals surface area contributed by atoms with Crippen LogP contribution in [0.2, 0.25) is 0 Å². The SMILES string of the molecule is CC(N)CCC(=O)NCCS(=O)(=O)NCc1ccccc1. The van der Waals surface area contributed by atoms with Crippen LogP contribution in [-0.4, -0.2) is 32.7 Å². The van der Waals surface area contributed by atoms with Crippen molar-refractivity contribution in [2.45, 2.75) is 32.4 Å². The van der Waals surface area contributed by atoms with E-state index in [1.165, 1.54) is 0 Å². The number of hydrogen-bond donors (Lipinski definition) is 3. The van der Waals surface area contributed by atoms with Crippen LogP contribution >= 0.6 is 0 Å². The van der Waals surface area contributed by atoms with Crippen molar-refractivity contribution in [3.05, 3.63) is 35.9 Å². The van der Waals surface area contributed by atoms with E-state index in [1.54, 1.807) is 0 Å². The fourth-order valence-electron chi connectivity index (χ4n) is 1.63. The lowest BCUT2D eigenvalue weighted by Crippen LogP contribution is -2.34. The average molecular weight is 313 g/mol. The largest absolute Gasteiger partial charge is 0.355 e. The number of benzene rings is 1. The maximum Gasteiger partial charge on any atom is 0.220 e. The van der Waals surface area contributed by atoms with Gasteiger partial charge in [0.15, 0.2) is 0 Å². The standard InChI is InChI=1S/C14H23N3O3S/c1-12(15)7-8-14(18)16-9-10-21(19,20)17-11-13-5-3-2-4-6-13/h2-6,12,17H,7-11,15H2,1H3,(H,16,18). The van der Waals surface area contributed by atoms with Crippen molar-refractivity contribution >= 4 is 15.9 Å². The Balaban J connectivity index is 2.25. The maximum absolute atomic E-state index is 11.8. The summed E-state index contributed by atoms with van der Waals surface area (Å²) in [5.74, 6) is -0.311. The van der Waals surface area contributed by atoms with E-state index >= 15 is 0 Å². The fourth-order valence-corrected chi connectivity index (χ4v) is 2.53. The van der Waals surface area contributed by atoms with Crippen LogP contribution in [0, 0.1) is 0 Å². The summed E-state index contributed by atoms with van der Waals surface area (Å²) >= 11 is 0. The van der Waals surface area contributed by atoms with Crippen LogP contribution in [0.1, 0.15) is 25.3 Å². The molecule has 21 heavy (non-hydrogen) atoms. The quantitative estimate of drug-likeness (QED) is 0.612. The van der Waals surface area contributed by atoms with Gasteiger partial charge in [0.2, 0.25) is 15.9 Å². The van der Waals surface area contributed by atoms with Gasteiger partial charge in [0.05, 0.1) is 5.75 Å². The second kappa shape index (κ2) is 8.76. The molecule has 0 aliphatic carbocycles. The molecule has 0 heterocycles. The first-order valence-corrected chi connectivity index (χ1v) is 8.58. The van der Waals surface area contributed by atoms with E-state index in [0.717, 1.165) is 5.56 Å². The Morgan fingerprint density at radius 2 is 1.95 bits per heavy atom. The highest BCUT2D eigenvalue weighted by atomic mass is 32.2. The molecular weight excluding hydrogens is 290 g/mol. The summed E-state index contributed by atoms with van der Waals surface area (Å²) in [4.78, 5) is 11.4. The number of nitrogens with one attached hydrogen (secondary N) is 2. The molecular formula is C14H23N3O3S. The van der Waals surface area contributed by atoms with Crippen LogP contribution < -0.4 is 15.8 Å². The monoisotopic (exact) mass is 313 g/mol. The van der Waals surface area contributed by atoms with Gasteiger partial charge in [-0.05, 0) is 18.9 Å². The van der Waals surface area contributed by atoms with Crippen LogP contribution in [0.25, 0.3) is 0 Å². The Bertz CT molecular complexity index is 530. The van der Waals surface area contributed by atoms with E-state index in [2.05, 4.69) is 10.0 Å². The van der Waals surface area contributed by atoms with E-state index in [0.29, 0.717) is 12.8 Å². The minimum atomic E-state index is -3.40. The molecule has 0 aliphatic heterocycles. The van der Waals surface area contributed by atoms with Gasteiger partial charge in [0.25, 0.3) is 0 Å². The van der Waals surface area contributed by atoms with Crippen LogP contribution in [0.5, 0.6) is 0 Å². The third-order valence-electron chi connectivity index (χ3n) is 2.86. The van der Waals surface area contributed by atoms with E-state index in [-0.39, 0.29) is 30.8 Å². The molecule has 0 aromatic heterocycles. The molecule has 0 spiro atoms. The minimum absolute atomic E-state index is 0.0352. The van der Waals surface area contributed by atoms with E-state index in [1.807, 2.05) is 37.3 Å². The van der Waals surface area contributed by atoms with Gasteiger partial charge >= 0.3 is 0 Å². The zero-order valence-corrected chi connectivity index (χ0v) is 13.0. The summed E-state index contributed by atoms with van der Waals surface area (Å²) in [7, 11) is -3.40. The molecule has 1 amide bonds. The number of carbonyl (C=O) groups excluding carboxylic acids is 1. The minimum Gasteiger partial charge on any atom is -0.355 e. The zero-order chi connectivity index (χ0) is 15.7. The van der Waals surface area contributed by atoms with Crippen molar-refractivity contribution < 1.29 is 13.2 Å². The number of amides is 1. The third kappa shape index (κ3) is 8.44. The highest BCUT2D eigenvalue weighted by molar-refractivity contribution is 7.89. The molecule has 0 aliphatic rings. The lowest BCUT2D eigenvalue weighted by atomic mass is 10.2. The van der Waals surface area contributed by atoms with Gasteiger partial charge in [-0.15, -0.1) is 0 Å². The normalized spacial score (nSPS) is 12.9. The second-order valence-electron chi connectivity index (χ2n) is 4.99. The molecule has 4 N–H and O–H groups in total. The highest BCUT2D eigenvalue weighted by Gasteiger charge is 2.11. The first-order chi connectivity index (χ1) is 9.89. The number of sulfonamides is 1. The first-order valence-electron chi connectivity index (χ1n) is 6.92. The van der Waals surface area contributed by atoms with Crippen molar-refractivity contribution in [1.82, 2.24) is 10.0 Å². The molecule has 0 bridgehead atoms. The van der Waals surface area contributed by atoms with E-state index in [4.69, 9.17) is 5.73 Å². The van der Waals surface area contributed by atoms with Gasteiger partial charge in [-0.1, -0.05) is 30.3 Å². The smallest absolute Gasteiger partial charge is 0.220 e. The van der Waals surface area contributed by atoms with Gasteiger partial charge < -0.3 is 11.1 Å². The number of carbonyl (C=O) groups is 1. The Morgan fingerprint density at radius 1 is 1.29 bits per heavy atom. The van der Waals surface area contributed by atoms with Crippen LogP contribution in [0.15, 0.2) is 30.3 Å². The van der Waals surface area contributed by atoms with Crippen molar-refractivity contribution in [2.75, 3.05) is 12.3 Å². The Morgan fingerprint density at radius 3 is 2.57 bits per heavy atom. The molecule has 0 saturated carbocycles. The zero-order valence-electron chi connectivity index (χ0n) is 12.2. The molecule has 1 aromatic carbocycles. The predicted octanol–water partition coefficient (Wildman–Crippen LogP) is 0.350. The van der Waals surface area contributed by atoms with Gasteiger partial charge in [0, 0.05) is 25.6 Å². The molecule has 1 unspecified atom stereocenters. The van der Waals surface area contributed by atoms with Crippen molar-refractivity contribution in [3.63, 3.8) is 0 Å². The fraction of sp³-hybridized carbons (Fsp3) is 0.500. The average Bonchev–Trinajstić information content (AvgIpc) is 2.44. The number of rotatable bonds is 9.